The summed E-state index contributed by atoms with van der Waals surface area (Å²) in [5.74, 6) is -0.725. The minimum atomic E-state index is -3.83. The molecule has 0 spiro atoms. The van der Waals surface area contributed by atoms with Crippen LogP contribution in [-0.4, -0.2) is 21.5 Å². The number of hydrogen-bond acceptors (Lipinski definition) is 3. The molecule has 0 unspecified atom stereocenters. The summed E-state index contributed by atoms with van der Waals surface area (Å²) in [6.45, 7) is 9.44. The van der Waals surface area contributed by atoms with E-state index < -0.39 is 15.8 Å². The molecule has 1 aromatic rings. The van der Waals surface area contributed by atoms with Gasteiger partial charge in [0.2, 0.25) is 10.0 Å². The fourth-order valence-electron chi connectivity index (χ4n) is 1.63. The Kier molecular flexibility index (Phi) is 6.31. The van der Waals surface area contributed by atoms with Crippen LogP contribution in [0.3, 0.4) is 0 Å². The Morgan fingerprint density at radius 2 is 1.90 bits per heavy atom. The molecule has 0 aliphatic rings. The van der Waals surface area contributed by atoms with Gasteiger partial charge in [-0.15, -0.1) is 0 Å². The highest BCUT2D eigenvalue weighted by atomic mass is 32.2. The van der Waals surface area contributed by atoms with Gasteiger partial charge in [-0.2, -0.15) is 0 Å². The van der Waals surface area contributed by atoms with Crippen LogP contribution in [0.1, 0.15) is 39.7 Å². The van der Waals surface area contributed by atoms with Gasteiger partial charge in [0.05, 0.1) is 0 Å². The summed E-state index contributed by atoms with van der Waals surface area (Å²) in [6, 6.07) is 4.18. The molecule has 0 fully saturated rings. The summed E-state index contributed by atoms with van der Waals surface area (Å²) in [5, 5.41) is 3.09. The molecule has 0 aromatic heterocycles. The molecular weight excluding hydrogens is 291 g/mol. The first-order chi connectivity index (χ1) is 9.72. The van der Waals surface area contributed by atoms with Gasteiger partial charge in [0.25, 0.3) is 0 Å². The van der Waals surface area contributed by atoms with Gasteiger partial charge < -0.3 is 5.32 Å². The third-order valence-electron chi connectivity index (χ3n) is 3.56. The molecule has 1 rings (SSSR count). The molecule has 0 atom stereocenters. The summed E-state index contributed by atoms with van der Waals surface area (Å²) in [7, 11) is -3.83. The first kappa shape index (κ1) is 18.1. The number of nitrogens with one attached hydrogen (secondary N) is 2. The molecule has 120 valence electrons. The van der Waals surface area contributed by atoms with Crippen molar-refractivity contribution in [3.8, 4) is 0 Å². The molecule has 0 heterocycles. The topological polar surface area (TPSA) is 58.2 Å². The van der Waals surface area contributed by atoms with Gasteiger partial charge in [-0.3, -0.25) is 0 Å². The van der Waals surface area contributed by atoms with Crippen molar-refractivity contribution < 1.29 is 12.8 Å². The molecule has 0 amide bonds. The van der Waals surface area contributed by atoms with Crippen molar-refractivity contribution >= 4 is 10.0 Å². The molecule has 0 aliphatic heterocycles. The molecule has 2 N–H and O–H groups in total. The van der Waals surface area contributed by atoms with Crippen molar-refractivity contribution in [3.05, 3.63) is 29.6 Å². The lowest BCUT2D eigenvalue weighted by Gasteiger charge is -2.23. The molecule has 0 radical (unpaired) electrons. The largest absolute Gasteiger partial charge is 0.313 e. The van der Waals surface area contributed by atoms with Crippen molar-refractivity contribution in [2.24, 2.45) is 5.41 Å². The van der Waals surface area contributed by atoms with Gasteiger partial charge in [-0.1, -0.05) is 33.8 Å². The number of halogens is 1. The van der Waals surface area contributed by atoms with Crippen LogP contribution in [0.5, 0.6) is 0 Å². The molecule has 4 nitrogen and oxygen atoms in total. The monoisotopic (exact) mass is 316 g/mol. The third kappa shape index (κ3) is 5.37. The van der Waals surface area contributed by atoms with E-state index in [9.17, 15) is 12.8 Å². The van der Waals surface area contributed by atoms with Gasteiger partial charge >= 0.3 is 0 Å². The van der Waals surface area contributed by atoms with E-state index in [1.807, 2.05) is 27.7 Å². The Morgan fingerprint density at radius 3 is 2.48 bits per heavy atom. The van der Waals surface area contributed by atoms with Crippen molar-refractivity contribution in [2.75, 3.05) is 13.1 Å². The highest BCUT2D eigenvalue weighted by Gasteiger charge is 2.23. The van der Waals surface area contributed by atoms with Gasteiger partial charge in [-0.05, 0) is 36.1 Å². The summed E-state index contributed by atoms with van der Waals surface area (Å²) < 4.78 is 40.9. The standard InChI is InChI=1S/C15H25FN2O2S/c1-5-15(3,4)11-18-21(19,20)14-9-12(10-17-6-2)7-8-13(14)16/h7-9,17-18H,5-6,10-11H2,1-4H3. The maximum atomic E-state index is 13.8. The van der Waals surface area contributed by atoms with E-state index in [4.69, 9.17) is 0 Å². The normalized spacial score (nSPS) is 12.6. The summed E-state index contributed by atoms with van der Waals surface area (Å²) >= 11 is 0. The van der Waals surface area contributed by atoms with E-state index in [0.717, 1.165) is 18.5 Å². The minimum Gasteiger partial charge on any atom is -0.313 e. The first-order valence-electron chi connectivity index (χ1n) is 7.20. The highest BCUT2D eigenvalue weighted by molar-refractivity contribution is 7.89. The molecule has 0 saturated carbocycles. The van der Waals surface area contributed by atoms with Crippen molar-refractivity contribution in [1.29, 1.82) is 0 Å². The number of sulfonamides is 1. The van der Waals surface area contributed by atoms with E-state index in [0.29, 0.717) is 6.54 Å². The Morgan fingerprint density at radius 1 is 1.24 bits per heavy atom. The lowest BCUT2D eigenvalue weighted by Crippen LogP contribution is -2.34. The Bertz CT molecular complexity index is 571. The third-order valence-corrected chi connectivity index (χ3v) is 4.98. The van der Waals surface area contributed by atoms with Crippen LogP contribution in [0.2, 0.25) is 0 Å². The average Bonchev–Trinajstić information content (AvgIpc) is 2.44. The molecule has 1 aromatic carbocycles. The van der Waals surface area contributed by atoms with Gasteiger partial charge in [0.1, 0.15) is 10.7 Å². The maximum absolute atomic E-state index is 13.8. The Hall–Kier alpha value is -0.980. The molecule has 6 heteroatoms. The van der Waals surface area contributed by atoms with Crippen LogP contribution in [-0.2, 0) is 16.6 Å². The average molecular weight is 316 g/mol. The van der Waals surface area contributed by atoms with Gasteiger partial charge in [-0.25, -0.2) is 17.5 Å². The van der Waals surface area contributed by atoms with E-state index in [1.165, 1.54) is 12.1 Å². The zero-order valence-corrected chi connectivity index (χ0v) is 14.0. The molecule has 0 bridgehead atoms. The lowest BCUT2D eigenvalue weighted by atomic mass is 9.91. The summed E-state index contributed by atoms with van der Waals surface area (Å²) in [5.41, 5.74) is 0.582. The quantitative estimate of drug-likeness (QED) is 0.775. The van der Waals surface area contributed by atoms with Crippen LogP contribution < -0.4 is 10.0 Å². The Labute approximate surface area is 127 Å². The van der Waals surface area contributed by atoms with Gasteiger partial charge in [0, 0.05) is 13.1 Å². The highest BCUT2D eigenvalue weighted by Crippen LogP contribution is 2.21. The van der Waals surface area contributed by atoms with Crippen LogP contribution in [0, 0.1) is 11.2 Å². The molecule has 0 aliphatic carbocycles. The molecule has 21 heavy (non-hydrogen) atoms. The molecular formula is C15H25FN2O2S. The molecule has 0 saturated heterocycles. The van der Waals surface area contributed by atoms with E-state index >= 15 is 0 Å². The number of hydrogen-bond donors (Lipinski definition) is 2. The smallest absolute Gasteiger partial charge is 0.243 e. The SMILES string of the molecule is CCNCc1ccc(F)c(S(=O)(=O)NCC(C)(C)CC)c1. The van der Waals surface area contributed by atoms with Crippen LogP contribution in [0.4, 0.5) is 4.39 Å². The second-order valence-electron chi connectivity index (χ2n) is 5.89. The van der Waals surface area contributed by atoms with Gasteiger partial charge in [0.15, 0.2) is 0 Å². The van der Waals surface area contributed by atoms with Crippen molar-refractivity contribution in [1.82, 2.24) is 10.0 Å². The maximum Gasteiger partial charge on any atom is 0.243 e. The second kappa shape index (κ2) is 7.33. The van der Waals surface area contributed by atoms with Crippen LogP contribution in [0.15, 0.2) is 23.1 Å². The minimum absolute atomic E-state index is 0.162. The van der Waals surface area contributed by atoms with Crippen molar-refractivity contribution in [3.63, 3.8) is 0 Å². The second-order valence-corrected chi connectivity index (χ2v) is 7.62. The zero-order chi connectivity index (χ0) is 16.1. The predicted octanol–water partition coefficient (Wildman–Crippen LogP) is 2.65. The predicted molar refractivity (Wildman–Crippen MR) is 83.0 cm³/mol. The Balaban J connectivity index is 2.96. The van der Waals surface area contributed by atoms with E-state index in [1.54, 1.807) is 6.07 Å². The number of rotatable bonds is 8. The number of benzene rings is 1. The van der Waals surface area contributed by atoms with E-state index in [2.05, 4.69) is 10.0 Å². The summed E-state index contributed by atoms with van der Waals surface area (Å²) in [6.07, 6.45) is 0.832. The van der Waals surface area contributed by atoms with Crippen molar-refractivity contribution in [2.45, 2.75) is 45.6 Å². The first-order valence-corrected chi connectivity index (χ1v) is 8.69. The zero-order valence-electron chi connectivity index (χ0n) is 13.2. The fourth-order valence-corrected chi connectivity index (χ4v) is 2.99. The van der Waals surface area contributed by atoms with Crippen LogP contribution >= 0.6 is 0 Å². The lowest BCUT2D eigenvalue weighted by molar-refractivity contribution is 0.350. The fraction of sp³-hybridized carbons (Fsp3) is 0.600. The summed E-state index contributed by atoms with van der Waals surface area (Å²) in [4.78, 5) is -0.287. The van der Waals surface area contributed by atoms with E-state index in [-0.39, 0.29) is 16.9 Å². The van der Waals surface area contributed by atoms with Crippen LogP contribution in [0.25, 0.3) is 0 Å².